The first kappa shape index (κ1) is 15.3. The number of hydrogen-bond donors (Lipinski definition) is 0. The summed E-state index contributed by atoms with van der Waals surface area (Å²) in [6, 6.07) is 15.2. The molecule has 0 bridgehead atoms. The zero-order valence-corrected chi connectivity index (χ0v) is 13.2. The fourth-order valence-corrected chi connectivity index (χ4v) is 3.02. The van der Waals surface area contributed by atoms with E-state index in [-0.39, 0.29) is 5.91 Å². The molecule has 0 radical (unpaired) electrons. The Morgan fingerprint density at radius 1 is 1.00 bits per heavy atom. The smallest absolute Gasteiger partial charge is 0.253 e. The van der Waals surface area contributed by atoms with E-state index in [4.69, 9.17) is 0 Å². The van der Waals surface area contributed by atoms with Crippen molar-refractivity contribution in [1.29, 1.82) is 0 Å². The van der Waals surface area contributed by atoms with Gasteiger partial charge in [0.25, 0.3) is 5.91 Å². The molecule has 0 atom stereocenters. The molecular formula is C19H20N2O2. The highest BCUT2D eigenvalue weighted by Gasteiger charge is 2.22. The Bertz CT molecular complexity index is 705. The minimum Gasteiger partial charge on any atom is -0.368 e. The average molecular weight is 308 g/mol. The normalized spacial score (nSPS) is 14.7. The van der Waals surface area contributed by atoms with Crippen molar-refractivity contribution >= 4 is 17.9 Å². The van der Waals surface area contributed by atoms with Crippen LogP contribution < -0.4 is 4.90 Å². The highest BCUT2D eigenvalue weighted by molar-refractivity contribution is 5.94. The van der Waals surface area contributed by atoms with Crippen LogP contribution in [-0.4, -0.2) is 43.3 Å². The molecule has 0 aromatic heterocycles. The van der Waals surface area contributed by atoms with E-state index < -0.39 is 0 Å². The van der Waals surface area contributed by atoms with Crippen LogP contribution in [0.1, 0.15) is 26.3 Å². The summed E-state index contributed by atoms with van der Waals surface area (Å²) < 4.78 is 0. The molecule has 3 rings (SSSR count). The van der Waals surface area contributed by atoms with E-state index in [1.807, 2.05) is 60.4 Å². The van der Waals surface area contributed by atoms with Gasteiger partial charge < -0.3 is 9.80 Å². The van der Waals surface area contributed by atoms with E-state index in [1.54, 1.807) is 0 Å². The molecule has 118 valence electrons. The predicted octanol–water partition coefficient (Wildman–Crippen LogP) is 2.77. The zero-order chi connectivity index (χ0) is 16.2. The van der Waals surface area contributed by atoms with Crippen LogP contribution in [0.4, 0.5) is 5.69 Å². The highest BCUT2D eigenvalue weighted by Crippen LogP contribution is 2.22. The maximum absolute atomic E-state index is 12.5. The van der Waals surface area contributed by atoms with Crippen molar-refractivity contribution in [2.24, 2.45) is 0 Å². The summed E-state index contributed by atoms with van der Waals surface area (Å²) in [5.74, 6) is 0.0956. The van der Waals surface area contributed by atoms with Crippen LogP contribution in [-0.2, 0) is 0 Å². The van der Waals surface area contributed by atoms with Crippen molar-refractivity contribution in [3.63, 3.8) is 0 Å². The number of aryl methyl sites for hydroxylation is 1. The van der Waals surface area contributed by atoms with Crippen molar-refractivity contribution < 1.29 is 9.59 Å². The average Bonchev–Trinajstić information content (AvgIpc) is 2.62. The maximum Gasteiger partial charge on any atom is 0.253 e. The molecule has 1 heterocycles. The van der Waals surface area contributed by atoms with Gasteiger partial charge in [0.15, 0.2) is 0 Å². The van der Waals surface area contributed by atoms with Gasteiger partial charge in [0.2, 0.25) is 0 Å². The molecule has 2 aromatic carbocycles. The second-order valence-electron chi connectivity index (χ2n) is 5.81. The number of nitrogens with zero attached hydrogens (tertiary/aromatic N) is 2. The lowest BCUT2D eigenvalue weighted by molar-refractivity contribution is 0.0746. The number of carbonyl (C=O) groups excluding carboxylic acids is 2. The summed E-state index contributed by atoms with van der Waals surface area (Å²) in [4.78, 5) is 27.5. The number of anilines is 1. The molecule has 0 N–H and O–H groups in total. The Morgan fingerprint density at radius 2 is 1.70 bits per heavy atom. The maximum atomic E-state index is 12.5. The van der Waals surface area contributed by atoms with Gasteiger partial charge in [-0.15, -0.1) is 0 Å². The van der Waals surface area contributed by atoms with E-state index in [2.05, 4.69) is 4.90 Å². The van der Waals surface area contributed by atoms with Crippen LogP contribution in [0, 0.1) is 6.92 Å². The summed E-state index contributed by atoms with van der Waals surface area (Å²) in [6.45, 7) is 5.05. The molecule has 0 spiro atoms. The van der Waals surface area contributed by atoms with Gasteiger partial charge in [-0.05, 0) is 42.8 Å². The Kier molecular flexibility index (Phi) is 4.42. The number of aldehydes is 1. The number of piperazine rings is 1. The molecule has 0 aliphatic carbocycles. The van der Waals surface area contributed by atoms with Crippen LogP contribution in [0.2, 0.25) is 0 Å². The van der Waals surface area contributed by atoms with E-state index in [0.717, 1.165) is 36.2 Å². The Hall–Kier alpha value is -2.62. The molecule has 1 fully saturated rings. The molecule has 4 nitrogen and oxygen atoms in total. The summed E-state index contributed by atoms with van der Waals surface area (Å²) in [5.41, 5.74) is 3.68. The molecule has 23 heavy (non-hydrogen) atoms. The summed E-state index contributed by atoms with van der Waals surface area (Å²) in [6.07, 6.45) is 0.868. The highest BCUT2D eigenvalue weighted by atomic mass is 16.2. The lowest BCUT2D eigenvalue weighted by atomic mass is 10.1. The number of hydrogen-bond acceptors (Lipinski definition) is 3. The van der Waals surface area contributed by atoms with Gasteiger partial charge in [-0.1, -0.05) is 18.2 Å². The van der Waals surface area contributed by atoms with E-state index in [9.17, 15) is 9.59 Å². The van der Waals surface area contributed by atoms with Crippen molar-refractivity contribution in [3.05, 3.63) is 65.2 Å². The molecule has 1 saturated heterocycles. The number of carbonyl (C=O) groups is 2. The largest absolute Gasteiger partial charge is 0.368 e. The minimum absolute atomic E-state index is 0.0956. The van der Waals surface area contributed by atoms with Crippen LogP contribution in [0.15, 0.2) is 48.5 Å². The first-order valence-corrected chi connectivity index (χ1v) is 7.84. The van der Waals surface area contributed by atoms with Crippen LogP contribution >= 0.6 is 0 Å². The summed E-state index contributed by atoms with van der Waals surface area (Å²) >= 11 is 0. The van der Waals surface area contributed by atoms with Crippen LogP contribution in [0.25, 0.3) is 0 Å². The zero-order valence-electron chi connectivity index (χ0n) is 13.2. The molecule has 0 unspecified atom stereocenters. The summed E-state index contributed by atoms with van der Waals surface area (Å²) in [7, 11) is 0. The van der Waals surface area contributed by atoms with Gasteiger partial charge in [0, 0.05) is 43.0 Å². The van der Waals surface area contributed by atoms with Gasteiger partial charge in [-0.3, -0.25) is 9.59 Å². The lowest BCUT2D eigenvalue weighted by Gasteiger charge is -2.37. The standard InChI is InChI=1S/C19H20N2O2/c1-15-13-16(14-22)7-8-18(15)20-9-11-21(12-10-20)19(23)17-5-3-2-4-6-17/h2-8,13-14H,9-12H2,1H3. The molecule has 1 amide bonds. The fourth-order valence-electron chi connectivity index (χ4n) is 3.02. The van der Waals surface area contributed by atoms with Gasteiger partial charge in [0.1, 0.15) is 6.29 Å². The van der Waals surface area contributed by atoms with Gasteiger partial charge >= 0.3 is 0 Å². The third-order valence-corrected chi connectivity index (χ3v) is 4.29. The van der Waals surface area contributed by atoms with Crippen molar-refractivity contribution in [3.8, 4) is 0 Å². The number of amides is 1. The topological polar surface area (TPSA) is 40.6 Å². The minimum atomic E-state index is 0.0956. The summed E-state index contributed by atoms with van der Waals surface area (Å²) in [5, 5.41) is 0. The SMILES string of the molecule is Cc1cc(C=O)ccc1N1CCN(C(=O)c2ccccc2)CC1. The number of benzene rings is 2. The van der Waals surface area contributed by atoms with Crippen LogP contribution in [0.5, 0.6) is 0 Å². The Labute approximate surface area is 136 Å². The second kappa shape index (κ2) is 6.65. The van der Waals surface area contributed by atoms with Crippen molar-refractivity contribution in [2.75, 3.05) is 31.1 Å². The van der Waals surface area contributed by atoms with Gasteiger partial charge in [-0.25, -0.2) is 0 Å². The third kappa shape index (κ3) is 3.26. The number of rotatable bonds is 3. The molecule has 1 aliphatic heterocycles. The van der Waals surface area contributed by atoms with Crippen molar-refractivity contribution in [2.45, 2.75) is 6.92 Å². The second-order valence-corrected chi connectivity index (χ2v) is 5.81. The Morgan fingerprint density at radius 3 is 2.30 bits per heavy atom. The van der Waals surface area contributed by atoms with Gasteiger partial charge in [-0.2, -0.15) is 0 Å². The van der Waals surface area contributed by atoms with Crippen LogP contribution in [0.3, 0.4) is 0 Å². The fraction of sp³-hybridized carbons (Fsp3) is 0.263. The molecule has 0 saturated carbocycles. The monoisotopic (exact) mass is 308 g/mol. The Balaban J connectivity index is 1.67. The molecule has 1 aliphatic rings. The van der Waals surface area contributed by atoms with Crippen molar-refractivity contribution in [1.82, 2.24) is 4.90 Å². The van der Waals surface area contributed by atoms with E-state index in [0.29, 0.717) is 18.7 Å². The predicted molar refractivity (Wildman–Crippen MR) is 91.1 cm³/mol. The molecular weight excluding hydrogens is 288 g/mol. The third-order valence-electron chi connectivity index (χ3n) is 4.29. The van der Waals surface area contributed by atoms with E-state index >= 15 is 0 Å². The quantitative estimate of drug-likeness (QED) is 0.819. The van der Waals surface area contributed by atoms with Gasteiger partial charge in [0.05, 0.1) is 0 Å². The van der Waals surface area contributed by atoms with E-state index in [1.165, 1.54) is 0 Å². The first-order chi connectivity index (χ1) is 11.2. The first-order valence-electron chi connectivity index (χ1n) is 7.84. The molecule has 2 aromatic rings. The molecule has 4 heteroatoms. The lowest BCUT2D eigenvalue weighted by Crippen LogP contribution is -2.49.